The highest BCUT2D eigenvalue weighted by atomic mass is 16.1. The quantitative estimate of drug-likeness (QED) is 0.789. The summed E-state index contributed by atoms with van der Waals surface area (Å²) in [7, 11) is 0. The molecule has 1 unspecified atom stereocenters. The molecule has 0 bridgehead atoms. The molecule has 0 spiro atoms. The molecule has 4 N–H and O–H groups in total. The highest BCUT2D eigenvalue weighted by Gasteiger charge is 2.39. The van der Waals surface area contributed by atoms with Crippen molar-refractivity contribution in [1.82, 2.24) is 9.97 Å². The molecule has 1 amide bonds. The van der Waals surface area contributed by atoms with Crippen molar-refractivity contribution in [3.05, 3.63) is 11.4 Å². The highest BCUT2D eigenvalue weighted by molar-refractivity contribution is 5.82. The Bertz CT molecular complexity index is 501. The van der Waals surface area contributed by atoms with E-state index in [-0.39, 0.29) is 5.91 Å². The molecule has 1 aromatic rings. The number of anilines is 2. The molecule has 0 aliphatic carbocycles. The van der Waals surface area contributed by atoms with Crippen LogP contribution in [0.5, 0.6) is 0 Å². The van der Waals surface area contributed by atoms with Gasteiger partial charge in [0.05, 0.1) is 5.41 Å². The minimum atomic E-state index is -0.486. The smallest absolute Gasteiger partial charge is 0.225 e. The number of amides is 1. The van der Waals surface area contributed by atoms with Crippen molar-refractivity contribution in [2.45, 2.75) is 27.2 Å². The molecule has 0 saturated carbocycles. The first-order valence-electron chi connectivity index (χ1n) is 5.99. The van der Waals surface area contributed by atoms with Gasteiger partial charge < -0.3 is 16.4 Å². The van der Waals surface area contributed by atoms with Crippen LogP contribution in [-0.2, 0) is 4.79 Å². The van der Waals surface area contributed by atoms with Gasteiger partial charge in [-0.1, -0.05) is 0 Å². The first kappa shape index (κ1) is 12.6. The molecular weight excluding hydrogens is 230 g/mol. The largest absolute Gasteiger partial charge is 0.383 e. The monoisotopic (exact) mass is 249 g/mol. The highest BCUT2D eigenvalue weighted by Crippen LogP contribution is 2.34. The lowest BCUT2D eigenvalue weighted by molar-refractivity contribution is -0.125. The van der Waals surface area contributed by atoms with Gasteiger partial charge in [-0.3, -0.25) is 4.79 Å². The Hall–Kier alpha value is -1.85. The molecule has 1 aliphatic rings. The van der Waals surface area contributed by atoms with Gasteiger partial charge in [-0.25, -0.2) is 9.97 Å². The number of primary amides is 1. The Labute approximate surface area is 106 Å². The van der Waals surface area contributed by atoms with Gasteiger partial charge in [0.2, 0.25) is 5.91 Å². The maximum Gasteiger partial charge on any atom is 0.225 e. The van der Waals surface area contributed by atoms with Crippen LogP contribution in [0.15, 0.2) is 0 Å². The molecule has 0 aromatic carbocycles. The topological polar surface area (TPSA) is 98.1 Å². The first-order valence-corrected chi connectivity index (χ1v) is 5.99. The van der Waals surface area contributed by atoms with Crippen LogP contribution in [0, 0.1) is 19.3 Å². The number of nitrogens with two attached hydrogens (primary N) is 2. The number of rotatable bonds is 2. The van der Waals surface area contributed by atoms with E-state index in [4.69, 9.17) is 11.5 Å². The van der Waals surface area contributed by atoms with E-state index in [0.29, 0.717) is 18.2 Å². The van der Waals surface area contributed by atoms with Crippen LogP contribution >= 0.6 is 0 Å². The number of aryl methyl sites for hydroxylation is 1. The zero-order chi connectivity index (χ0) is 13.5. The van der Waals surface area contributed by atoms with Gasteiger partial charge in [0.15, 0.2) is 0 Å². The van der Waals surface area contributed by atoms with E-state index in [9.17, 15) is 4.79 Å². The van der Waals surface area contributed by atoms with Gasteiger partial charge in [0, 0.05) is 18.7 Å². The van der Waals surface area contributed by atoms with Crippen molar-refractivity contribution < 1.29 is 4.79 Å². The fourth-order valence-electron chi connectivity index (χ4n) is 2.29. The number of carbonyl (C=O) groups excluding carboxylic acids is 1. The summed E-state index contributed by atoms with van der Waals surface area (Å²) in [6.07, 6.45) is 0.741. The summed E-state index contributed by atoms with van der Waals surface area (Å²) in [5.41, 5.74) is 11.7. The Morgan fingerprint density at radius 2 is 2.06 bits per heavy atom. The van der Waals surface area contributed by atoms with E-state index in [1.165, 1.54) is 0 Å². The maximum atomic E-state index is 11.5. The maximum absolute atomic E-state index is 11.5. The van der Waals surface area contributed by atoms with Crippen molar-refractivity contribution in [3.63, 3.8) is 0 Å². The molecule has 1 aromatic heterocycles. The second-order valence-corrected chi connectivity index (χ2v) is 5.20. The van der Waals surface area contributed by atoms with E-state index in [1.54, 1.807) is 0 Å². The summed E-state index contributed by atoms with van der Waals surface area (Å²) in [5.74, 6) is 1.68. The number of hydrogen-bond donors (Lipinski definition) is 2. The summed E-state index contributed by atoms with van der Waals surface area (Å²) in [6, 6.07) is 0. The predicted molar refractivity (Wildman–Crippen MR) is 70.0 cm³/mol. The van der Waals surface area contributed by atoms with Crippen molar-refractivity contribution in [2.24, 2.45) is 11.1 Å². The van der Waals surface area contributed by atoms with Crippen LogP contribution < -0.4 is 16.4 Å². The molecule has 6 heteroatoms. The van der Waals surface area contributed by atoms with Crippen molar-refractivity contribution in [2.75, 3.05) is 23.7 Å². The zero-order valence-electron chi connectivity index (χ0n) is 11.0. The second-order valence-electron chi connectivity index (χ2n) is 5.20. The molecule has 1 fully saturated rings. The van der Waals surface area contributed by atoms with Crippen LogP contribution in [0.25, 0.3) is 0 Å². The number of carbonyl (C=O) groups is 1. The van der Waals surface area contributed by atoms with Crippen LogP contribution in [0.2, 0.25) is 0 Å². The summed E-state index contributed by atoms with van der Waals surface area (Å²) in [4.78, 5) is 22.1. The number of nitrogen functional groups attached to an aromatic ring is 1. The molecule has 1 saturated heterocycles. The van der Waals surface area contributed by atoms with E-state index >= 15 is 0 Å². The van der Waals surface area contributed by atoms with Crippen molar-refractivity contribution in [1.29, 1.82) is 0 Å². The number of nitrogens with zero attached hydrogens (tertiary/aromatic N) is 3. The zero-order valence-corrected chi connectivity index (χ0v) is 11.0. The molecule has 1 atom stereocenters. The normalized spacial score (nSPS) is 23.4. The van der Waals surface area contributed by atoms with Gasteiger partial charge in [0.25, 0.3) is 0 Å². The summed E-state index contributed by atoms with van der Waals surface area (Å²) in [6.45, 7) is 6.93. The lowest BCUT2D eigenvalue weighted by Gasteiger charge is -2.23. The second kappa shape index (κ2) is 4.12. The predicted octanol–water partition coefficient (Wildman–Crippen LogP) is 0.377. The van der Waals surface area contributed by atoms with Crippen LogP contribution in [0.3, 0.4) is 0 Å². The molecular formula is C12H19N5O. The van der Waals surface area contributed by atoms with E-state index < -0.39 is 5.41 Å². The van der Waals surface area contributed by atoms with Crippen LogP contribution in [0.4, 0.5) is 11.6 Å². The van der Waals surface area contributed by atoms with Crippen LogP contribution in [0.1, 0.15) is 24.7 Å². The lowest BCUT2D eigenvalue weighted by atomic mass is 9.89. The summed E-state index contributed by atoms with van der Waals surface area (Å²) >= 11 is 0. The summed E-state index contributed by atoms with van der Waals surface area (Å²) in [5, 5.41) is 0. The third-order valence-electron chi connectivity index (χ3n) is 3.64. The summed E-state index contributed by atoms with van der Waals surface area (Å²) < 4.78 is 0. The van der Waals surface area contributed by atoms with Crippen molar-refractivity contribution >= 4 is 17.5 Å². The van der Waals surface area contributed by atoms with E-state index in [1.807, 2.05) is 20.8 Å². The average molecular weight is 249 g/mol. The fourth-order valence-corrected chi connectivity index (χ4v) is 2.29. The average Bonchev–Trinajstić information content (AvgIpc) is 2.67. The number of aromatic nitrogens is 2. The van der Waals surface area contributed by atoms with Gasteiger partial charge in [-0.05, 0) is 27.2 Å². The molecule has 0 radical (unpaired) electrons. The minimum Gasteiger partial charge on any atom is -0.383 e. The molecule has 2 heterocycles. The van der Waals surface area contributed by atoms with E-state index in [2.05, 4.69) is 14.9 Å². The standard InChI is InChI=1S/C12H19N5O/c1-7-9(13)15-8(2)16-10(7)17-5-4-12(3,6-17)11(14)18/h4-6H2,1-3H3,(H2,14,18)(H2,13,15,16). The molecule has 98 valence electrons. The lowest BCUT2D eigenvalue weighted by Crippen LogP contribution is -2.37. The minimum absolute atomic E-state index is 0.263. The Morgan fingerprint density at radius 3 is 2.61 bits per heavy atom. The SMILES string of the molecule is Cc1nc(N)c(C)c(N2CCC(C)(C(N)=O)C2)n1. The van der Waals surface area contributed by atoms with E-state index in [0.717, 1.165) is 24.3 Å². The van der Waals surface area contributed by atoms with Gasteiger partial charge in [-0.2, -0.15) is 0 Å². The Balaban J connectivity index is 2.33. The van der Waals surface area contributed by atoms with Crippen molar-refractivity contribution in [3.8, 4) is 0 Å². The number of hydrogen-bond acceptors (Lipinski definition) is 5. The molecule has 6 nitrogen and oxygen atoms in total. The third kappa shape index (κ3) is 1.98. The Morgan fingerprint density at radius 1 is 1.39 bits per heavy atom. The first-order chi connectivity index (χ1) is 8.33. The third-order valence-corrected chi connectivity index (χ3v) is 3.64. The molecule has 1 aliphatic heterocycles. The Kier molecular flexibility index (Phi) is 2.88. The van der Waals surface area contributed by atoms with Gasteiger partial charge >= 0.3 is 0 Å². The molecule has 18 heavy (non-hydrogen) atoms. The van der Waals surface area contributed by atoms with Gasteiger partial charge in [0.1, 0.15) is 17.5 Å². The van der Waals surface area contributed by atoms with Gasteiger partial charge in [-0.15, -0.1) is 0 Å². The fraction of sp³-hybridized carbons (Fsp3) is 0.583. The molecule has 2 rings (SSSR count). The van der Waals surface area contributed by atoms with Crippen LogP contribution in [-0.4, -0.2) is 29.0 Å².